The van der Waals surface area contributed by atoms with Gasteiger partial charge in [-0.2, -0.15) is 0 Å². The Balaban J connectivity index is 2.09. The molecule has 0 unspecified atom stereocenters. The standard InChI is InChI=1S/C16H20Cl2N2/c1-12(2)9-19-10-13-5-4-8-20(13)11-14-15(17)6-3-7-16(14)18/h3-8,12,19H,9-11H2,1-2H3. The Labute approximate surface area is 130 Å². The zero-order chi connectivity index (χ0) is 14.5. The molecule has 0 amide bonds. The molecule has 0 bridgehead atoms. The van der Waals surface area contributed by atoms with Gasteiger partial charge in [-0.05, 0) is 36.7 Å². The molecule has 1 aromatic heterocycles. The van der Waals surface area contributed by atoms with E-state index in [-0.39, 0.29) is 0 Å². The second-order valence-corrected chi connectivity index (χ2v) is 6.17. The first-order valence-electron chi connectivity index (χ1n) is 6.85. The molecule has 0 aliphatic heterocycles. The van der Waals surface area contributed by atoms with Gasteiger partial charge in [0.15, 0.2) is 0 Å². The quantitative estimate of drug-likeness (QED) is 0.825. The molecule has 1 aromatic carbocycles. The zero-order valence-electron chi connectivity index (χ0n) is 11.9. The van der Waals surface area contributed by atoms with Gasteiger partial charge in [-0.15, -0.1) is 0 Å². The van der Waals surface area contributed by atoms with E-state index in [2.05, 4.69) is 42.1 Å². The summed E-state index contributed by atoms with van der Waals surface area (Å²) in [7, 11) is 0. The summed E-state index contributed by atoms with van der Waals surface area (Å²) >= 11 is 12.5. The topological polar surface area (TPSA) is 17.0 Å². The van der Waals surface area contributed by atoms with Crippen LogP contribution in [0, 0.1) is 5.92 Å². The van der Waals surface area contributed by atoms with Crippen molar-refractivity contribution in [2.75, 3.05) is 6.54 Å². The number of aromatic nitrogens is 1. The number of hydrogen-bond acceptors (Lipinski definition) is 1. The minimum absolute atomic E-state index is 0.649. The first-order valence-corrected chi connectivity index (χ1v) is 7.61. The number of hydrogen-bond donors (Lipinski definition) is 1. The van der Waals surface area contributed by atoms with Crippen LogP contribution in [0.1, 0.15) is 25.1 Å². The van der Waals surface area contributed by atoms with Crippen molar-refractivity contribution in [1.29, 1.82) is 0 Å². The Hall–Kier alpha value is -0.960. The predicted molar refractivity (Wildman–Crippen MR) is 86.5 cm³/mol. The Bertz CT molecular complexity index is 541. The van der Waals surface area contributed by atoms with Crippen molar-refractivity contribution >= 4 is 23.2 Å². The van der Waals surface area contributed by atoms with Gasteiger partial charge >= 0.3 is 0 Å². The van der Waals surface area contributed by atoms with Crippen molar-refractivity contribution in [1.82, 2.24) is 9.88 Å². The smallest absolute Gasteiger partial charge is 0.0503 e. The third kappa shape index (κ3) is 4.02. The highest BCUT2D eigenvalue weighted by Crippen LogP contribution is 2.25. The summed E-state index contributed by atoms with van der Waals surface area (Å²) in [5.41, 5.74) is 2.21. The minimum Gasteiger partial charge on any atom is -0.346 e. The summed E-state index contributed by atoms with van der Waals surface area (Å²) in [5, 5.41) is 4.89. The fourth-order valence-electron chi connectivity index (χ4n) is 2.11. The molecule has 4 heteroatoms. The molecule has 2 rings (SSSR count). The van der Waals surface area contributed by atoms with Crippen LogP contribution < -0.4 is 5.32 Å². The van der Waals surface area contributed by atoms with Gasteiger partial charge < -0.3 is 9.88 Å². The van der Waals surface area contributed by atoms with Gasteiger partial charge in [-0.25, -0.2) is 0 Å². The number of nitrogens with one attached hydrogen (secondary N) is 1. The minimum atomic E-state index is 0.649. The van der Waals surface area contributed by atoms with Crippen molar-refractivity contribution in [3.63, 3.8) is 0 Å². The highest BCUT2D eigenvalue weighted by Gasteiger charge is 2.08. The van der Waals surface area contributed by atoms with Crippen molar-refractivity contribution in [2.45, 2.75) is 26.9 Å². The molecular formula is C16H20Cl2N2. The normalized spacial score (nSPS) is 11.2. The highest BCUT2D eigenvalue weighted by molar-refractivity contribution is 6.35. The average molecular weight is 311 g/mol. The fourth-order valence-corrected chi connectivity index (χ4v) is 2.62. The summed E-state index contributed by atoms with van der Waals surface area (Å²) < 4.78 is 2.18. The predicted octanol–water partition coefficient (Wildman–Crippen LogP) is 4.59. The average Bonchev–Trinajstić information content (AvgIpc) is 2.81. The Morgan fingerprint density at radius 2 is 1.80 bits per heavy atom. The third-order valence-corrected chi connectivity index (χ3v) is 3.88. The molecule has 0 fully saturated rings. The molecule has 0 saturated heterocycles. The van der Waals surface area contributed by atoms with E-state index in [0.717, 1.165) is 18.7 Å². The van der Waals surface area contributed by atoms with E-state index < -0.39 is 0 Å². The summed E-state index contributed by atoms with van der Waals surface area (Å²) in [6.07, 6.45) is 2.06. The fraction of sp³-hybridized carbons (Fsp3) is 0.375. The van der Waals surface area contributed by atoms with Gasteiger partial charge in [-0.3, -0.25) is 0 Å². The second-order valence-electron chi connectivity index (χ2n) is 5.35. The van der Waals surface area contributed by atoms with Crippen molar-refractivity contribution in [3.8, 4) is 0 Å². The van der Waals surface area contributed by atoms with E-state index in [4.69, 9.17) is 23.2 Å². The van der Waals surface area contributed by atoms with E-state index in [1.165, 1.54) is 5.69 Å². The van der Waals surface area contributed by atoms with Crippen LogP contribution in [-0.4, -0.2) is 11.1 Å². The molecule has 1 N–H and O–H groups in total. The van der Waals surface area contributed by atoms with Crippen LogP contribution in [0.15, 0.2) is 36.5 Å². The SMILES string of the molecule is CC(C)CNCc1cccn1Cc1c(Cl)cccc1Cl. The van der Waals surface area contributed by atoms with E-state index in [0.29, 0.717) is 22.5 Å². The number of nitrogens with zero attached hydrogens (tertiary/aromatic N) is 1. The Kier molecular flexibility index (Phi) is 5.53. The molecular weight excluding hydrogens is 291 g/mol. The van der Waals surface area contributed by atoms with Crippen molar-refractivity contribution < 1.29 is 0 Å². The molecule has 0 aliphatic carbocycles. The van der Waals surface area contributed by atoms with Crippen LogP contribution in [0.25, 0.3) is 0 Å². The van der Waals surface area contributed by atoms with Crippen LogP contribution in [-0.2, 0) is 13.1 Å². The molecule has 0 aliphatic rings. The number of rotatable bonds is 6. The van der Waals surface area contributed by atoms with E-state index >= 15 is 0 Å². The van der Waals surface area contributed by atoms with Crippen molar-refractivity contribution in [2.24, 2.45) is 5.92 Å². The van der Waals surface area contributed by atoms with Crippen LogP contribution in [0.2, 0.25) is 10.0 Å². The number of benzene rings is 1. The monoisotopic (exact) mass is 310 g/mol. The molecule has 0 radical (unpaired) electrons. The van der Waals surface area contributed by atoms with E-state index in [1.54, 1.807) is 0 Å². The first kappa shape index (κ1) is 15.4. The molecule has 2 nitrogen and oxygen atoms in total. The molecule has 0 saturated carbocycles. The maximum absolute atomic E-state index is 6.23. The van der Waals surface area contributed by atoms with Gasteiger partial charge in [-0.1, -0.05) is 43.1 Å². The molecule has 0 atom stereocenters. The van der Waals surface area contributed by atoms with Gasteiger partial charge in [0.1, 0.15) is 0 Å². The largest absolute Gasteiger partial charge is 0.346 e. The van der Waals surface area contributed by atoms with Crippen LogP contribution in [0.5, 0.6) is 0 Å². The van der Waals surface area contributed by atoms with Gasteiger partial charge in [0.05, 0.1) is 6.54 Å². The molecule has 1 heterocycles. The lowest BCUT2D eigenvalue weighted by Crippen LogP contribution is -2.21. The first-order chi connectivity index (χ1) is 9.58. The van der Waals surface area contributed by atoms with Crippen LogP contribution in [0.3, 0.4) is 0 Å². The Morgan fingerprint density at radius 3 is 2.45 bits per heavy atom. The lowest BCUT2D eigenvalue weighted by atomic mass is 10.2. The summed E-state index contributed by atoms with van der Waals surface area (Å²) in [4.78, 5) is 0. The maximum Gasteiger partial charge on any atom is 0.0503 e. The zero-order valence-corrected chi connectivity index (χ0v) is 13.4. The second kappa shape index (κ2) is 7.16. The summed E-state index contributed by atoms with van der Waals surface area (Å²) in [6.45, 7) is 6.97. The number of halogens is 2. The molecule has 2 aromatic rings. The summed E-state index contributed by atoms with van der Waals surface area (Å²) in [5.74, 6) is 0.649. The van der Waals surface area contributed by atoms with Crippen LogP contribution in [0.4, 0.5) is 0 Å². The van der Waals surface area contributed by atoms with Gasteiger partial charge in [0, 0.05) is 34.0 Å². The van der Waals surface area contributed by atoms with Gasteiger partial charge in [0.25, 0.3) is 0 Å². The van der Waals surface area contributed by atoms with Crippen LogP contribution >= 0.6 is 23.2 Å². The van der Waals surface area contributed by atoms with Crippen molar-refractivity contribution in [3.05, 3.63) is 57.8 Å². The highest BCUT2D eigenvalue weighted by atomic mass is 35.5. The van der Waals surface area contributed by atoms with E-state index in [1.807, 2.05) is 18.2 Å². The Morgan fingerprint density at radius 1 is 1.10 bits per heavy atom. The lowest BCUT2D eigenvalue weighted by Gasteiger charge is -2.13. The molecule has 20 heavy (non-hydrogen) atoms. The van der Waals surface area contributed by atoms with E-state index in [9.17, 15) is 0 Å². The molecule has 108 valence electrons. The maximum atomic E-state index is 6.23. The van der Waals surface area contributed by atoms with Gasteiger partial charge in [0.2, 0.25) is 0 Å². The molecule has 0 spiro atoms. The lowest BCUT2D eigenvalue weighted by molar-refractivity contribution is 0.539. The third-order valence-electron chi connectivity index (χ3n) is 3.17. The summed E-state index contributed by atoms with van der Waals surface area (Å²) in [6, 6.07) is 9.80.